The Labute approximate surface area is 185 Å². The van der Waals surface area contributed by atoms with Gasteiger partial charge in [-0.1, -0.05) is 23.7 Å². The first-order valence-corrected chi connectivity index (χ1v) is 11.4. The van der Waals surface area contributed by atoms with Gasteiger partial charge in [-0.25, -0.2) is 8.42 Å². The van der Waals surface area contributed by atoms with E-state index in [2.05, 4.69) is 4.72 Å². The highest BCUT2D eigenvalue weighted by Gasteiger charge is 2.39. The molecule has 3 N–H and O–H groups in total. The lowest BCUT2D eigenvalue weighted by Gasteiger charge is -2.27. The highest BCUT2D eigenvalue weighted by atomic mass is 35.5. The monoisotopic (exact) mass is 466 g/mol. The van der Waals surface area contributed by atoms with Crippen LogP contribution in [0.2, 0.25) is 5.02 Å². The molecule has 166 valence electrons. The molecule has 3 rings (SSSR count). The van der Waals surface area contributed by atoms with Crippen LogP contribution in [-0.4, -0.2) is 68.2 Å². The zero-order valence-corrected chi connectivity index (χ0v) is 18.6. The van der Waals surface area contributed by atoms with Gasteiger partial charge in [-0.15, -0.1) is 0 Å². The number of amides is 3. The number of fused-ring (bicyclic) bond motifs is 1. The smallest absolute Gasteiger partial charge is 0.245 e. The summed E-state index contributed by atoms with van der Waals surface area (Å²) in [6, 6.07) is 7.88. The number of likely N-dealkylation sites (tertiary alicyclic amines) is 1. The van der Waals surface area contributed by atoms with Crippen LogP contribution in [0.4, 0.5) is 0 Å². The van der Waals surface area contributed by atoms with Crippen molar-refractivity contribution in [1.29, 1.82) is 0 Å². The summed E-state index contributed by atoms with van der Waals surface area (Å²) in [6.07, 6.45) is 0.221. The normalized spacial score (nSPS) is 17.7. The Morgan fingerprint density at radius 1 is 1.26 bits per heavy atom. The Kier molecular flexibility index (Phi) is 6.54. The largest absolute Gasteiger partial charge is 0.368 e. The van der Waals surface area contributed by atoms with Gasteiger partial charge in [-0.3, -0.25) is 14.4 Å². The predicted octanol–water partition coefficient (Wildman–Crippen LogP) is 0.705. The van der Waals surface area contributed by atoms with Gasteiger partial charge in [0.25, 0.3) is 0 Å². The lowest BCUT2D eigenvalue weighted by molar-refractivity contribution is -0.143. The summed E-state index contributed by atoms with van der Waals surface area (Å²) in [5.74, 6) is -1.62. The van der Waals surface area contributed by atoms with E-state index in [1.165, 1.54) is 31.0 Å². The summed E-state index contributed by atoms with van der Waals surface area (Å²) in [5.41, 5.74) is 5.10. The number of primary amides is 1. The van der Waals surface area contributed by atoms with Crippen LogP contribution in [0.25, 0.3) is 10.8 Å². The number of rotatable bonds is 7. The van der Waals surface area contributed by atoms with Crippen molar-refractivity contribution in [2.24, 2.45) is 5.73 Å². The molecule has 9 nitrogen and oxygen atoms in total. The molecule has 2 atom stereocenters. The predicted molar refractivity (Wildman–Crippen MR) is 116 cm³/mol. The van der Waals surface area contributed by atoms with Crippen LogP contribution in [-0.2, 0) is 24.4 Å². The Morgan fingerprint density at radius 3 is 2.58 bits per heavy atom. The second kappa shape index (κ2) is 8.81. The number of sulfonamides is 1. The number of likely N-dealkylation sites (N-methyl/N-ethyl adjacent to an activating group) is 1. The number of nitrogens with zero attached hydrogens (tertiary/aromatic N) is 2. The minimum Gasteiger partial charge on any atom is -0.368 e. The second-order valence-electron chi connectivity index (χ2n) is 7.48. The van der Waals surface area contributed by atoms with Crippen molar-refractivity contribution in [3.63, 3.8) is 0 Å². The number of carbonyl (C=O) groups is 3. The highest BCUT2D eigenvalue weighted by Crippen LogP contribution is 2.24. The summed E-state index contributed by atoms with van der Waals surface area (Å²) >= 11 is 5.96. The molecule has 0 aromatic heterocycles. The zero-order valence-electron chi connectivity index (χ0n) is 17.0. The Bertz CT molecular complexity index is 1150. The molecule has 1 saturated heterocycles. The van der Waals surface area contributed by atoms with Gasteiger partial charge < -0.3 is 15.5 Å². The molecule has 0 bridgehead atoms. The van der Waals surface area contributed by atoms with Crippen LogP contribution in [0.5, 0.6) is 0 Å². The number of halogens is 1. The van der Waals surface area contributed by atoms with Crippen molar-refractivity contribution in [3.05, 3.63) is 41.4 Å². The molecule has 1 heterocycles. The fourth-order valence-electron chi connectivity index (χ4n) is 3.58. The van der Waals surface area contributed by atoms with E-state index in [1.807, 2.05) is 0 Å². The maximum absolute atomic E-state index is 12.8. The fraction of sp³-hybridized carbons (Fsp3) is 0.350. The second-order valence-corrected chi connectivity index (χ2v) is 9.63. The molecule has 2 aromatic carbocycles. The van der Waals surface area contributed by atoms with Gasteiger partial charge in [0.2, 0.25) is 27.7 Å². The Balaban J connectivity index is 1.73. The van der Waals surface area contributed by atoms with Gasteiger partial charge in [0.05, 0.1) is 11.4 Å². The highest BCUT2D eigenvalue weighted by molar-refractivity contribution is 7.89. The van der Waals surface area contributed by atoms with Crippen molar-refractivity contribution in [3.8, 4) is 0 Å². The van der Waals surface area contributed by atoms with Crippen LogP contribution in [0.15, 0.2) is 41.3 Å². The Morgan fingerprint density at radius 2 is 1.90 bits per heavy atom. The molecular weight excluding hydrogens is 444 g/mol. The van der Waals surface area contributed by atoms with Crippen LogP contribution in [0, 0.1) is 0 Å². The standard InChI is InChI=1S/C20H23ClN4O5S/c1-12(19(27)24(2)11-18(22)26)25-8-7-17(20(25)28)23-31(29,30)16-6-4-13-9-15(21)5-3-14(13)10-16/h3-6,9-10,12,17,23H,7-8,11H2,1-2H3,(H2,22,26)/t12-,17-/m0/s1. The average Bonchev–Trinajstić information content (AvgIpc) is 3.05. The van der Waals surface area contributed by atoms with Gasteiger partial charge in [-0.05, 0) is 48.4 Å². The molecule has 0 unspecified atom stereocenters. The van der Waals surface area contributed by atoms with E-state index in [1.54, 1.807) is 24.3 Å². The number of hydrogen-bond acceptors (Lipinski definition) is 5. The summed E-state index contributed by atoms with van der Waals surface area (Å²) < 4.78 is 28.1. The van der Waals surface area contributed by atoms with E-state index in [0.717, 1.165) is 10.3 Å². The number of nitrogens with two attached hydrogens (primary N) is 1. The number of carbonyl (C=O) groups excluding carboxylic acids is 3. The molecule has 1 aliphatic heterocycles. The molecule has 31 heavy (non-hydrogen) atoms. The molecule has 1 aliphatic rings. The molecule has 2 aromatic rings. The van der Waals surface area contributed by atoms with Crippen molar-refractivity contribution >= 4 is 50.1 Å². The first-order chi connectivity index (χ1) is 14.5. The maximum atomic E-state index is 12.8. The quantitative estimate of drug-likeness (QED) is 0.620. The third kappa shape index (κ3) is 4.97. The van der Waals surface area contributed by atoms with Crippen LogP contribution < -0.4 is 10.5 Å². The van der Waals surface area contributed by atoms with Gasteiger partial charge >= 0.3 is 0 Å². The van der Waals surface area contributed by atoms with Gasteiger partial charge in [0.15, 0.2) is 0 Å². The lowest BCUT2D eigenvalue weighted by Crippen LogP contribution is -2.50. The molecule has 3 amide bonds. The first kappa shape index (κ1) is 23.0. The topological polar surface area (TPSA) is 130 Å². The molecule has 0 spiro atoms. The molecular formula is C20H23ClN4O5S. The van der Waals surface area contributed by atoms with E-state index in [0.29, 0.717) is 10.4 Å². The minimum absolute atomic E-state index is 0.0267. The minimum atomic E-state index is -3.97. The molecule has 0 aliphatic carbocycles. The molecule has 11 heteroatoms. The van der Waals surface area contributed by atoms with E-state index in [-0.39, 0.29) is 24.4 Å². The average molecular weight is 467 g/mol. The molecule has 0 saturated carbocycles. The van der Waals surface area contributed by atoms with E-state index in [9.17, 15) is 22.8 Å². The first-order valence-electron chi connectivity index (χ1n) is 9.55. The van der Waals surface area contributed by atoms with E-state index >= 15 is 0 Å². The molecule has 1 fully saturated rings. The van der Waals surface area contributed by atoms with Crippen LogP contribution in [0.1, 0.15) is 13.3 Å². The van der Waals surface area contributed by atoms with Crippen LogP contribution in [0.3, 0.4) is 0 Å². The van der Waals surface area contributed by atoms with Crippen molar-refractivity contribution in [2.45, 2.75) is 30.3 Å². The maximum Gasteiger partial charge on any atom is 0.245 e. The fourth-order valence-corrected chi connectivity index (χ4v) is 5.02. The van der Waals surface area contributed by atoms with Crippen molar-refractivity contribution in [2.75, 3.05) is 20.1 Å². The third-order valence-corrected chi connectivity index (χ3v) is 6.92. The third-order valence-electron chi connectivity index (χ3n) is 5.22. The zero-order chi connectivity index (χ0) is 22.9. The van der Waals surface area contributed by atoms with E-state index in [4.69, 9.17) is 17.3 Å². The summed E-state index contributed by atoms with van der Waals surface area (Å²) in [7, 11) is -2.55. The van der Waals surface area contributed by atoms with E-state index < -0.39 is 39.8 Å². The van der Waals surface area contributed by atoms with Crippen molar-refractivity contribution in [1.82, 2.24) is 14.5 Å². The summed E-state index contributed by atoms with van der Waals surface area (Å²) in [6.45, 7) is 1.47. The van der Waals surface area contributed by atoms with Gasteiger partial charge in [0.1, 0.15) is 12.1 Å². The van der Waals surface area contributed by atoms with Gasteiger partial charge in [0, 0.05) is 18.6 Å². The van der Waals surface area contributed by atoms with Crippen molar-refractivity contribution < 1.29 is 22.8 Å². The number of benzene rings is 2. The summed E-state index contributed by atoms with van der Waals surface area (Å²) in [5, 5.41) is 2.04. The Hall–Kier alpha value is -2.69. The number of nitrogens with one attached hydrogen (secondary N) is 1. The number of hydrogen-bond donors (Lipinski definition) is 2. The van der Waals surface area contributed by atoms with Gasteiger partial charge in [-0.2, -0.15) is 4.72 Å². The lowest BCUT2D eigenvalue weighted by atomic mass is 10.1. The summed E-state index contributed by atoms with van der Waals surface area (Å²) in [4.78, 5) is 38.7. The van der Waals surface area contributed by atoms with Crippen LogP contribution >= 0.6 is 11.6 Å². The molecule has 0 radical (unpaired) electrons. The SMILES string of the molecule is C[C@@H](C(=O)N(C)CC(N)=O)N1CC[C@H](NS(=O)(=O)c2ccc3cc(Cl)ccc3c2)C1=O.